The molecule has 114 valence electrons. The van der Waals surface area contributed by atoms with Crippen LogP contribution in [0.1, 0.15) is 57.2 Å². The predicted octanol–water partition coefficient (Wildman–Crippen LogP) is 3.65. The van der Waals surface area contributed by atoms with E-state index in [1.54, 1.807) is 11.3 Å². The number of hydrogen-bond donors (Lipinski definition) is 1. The maximum atomic E-state index is 4.77. The van der Waals surface area contributed by atoms with Crippen LogP contribution in [0.5, 0.6) is 0 Å². The number of hydrogen-bond acceptors (Lipinski definition) is 4. The quantitative estimate of drug-likeness (QED) is 0.668. The zero-order valence-electron chi connectivity index (χ0n) is 13.2. The number of rotatable bonds is 10. The molecule has 0 unspecified atom stereocenters. The molecule has 1 saturated carbocycles. The van der Waals surface area contributed by atoms with Crippen LogP contribution >= 0.6 is 11.3 Å². The average molecular weight is 295 g/mol. The van der Waals surface area contributed by atoms with E-state index in [1.165, 1.54) is 42.9 Å². The summed E-state index contributed by atoms with van der Waals surface area (Å²) in [5, 5.41) is 6.90. The van der Waals surface area contributed by atoms with Crippen molar-refractivity contribution in [3.05, 3.63) is 16.1 Å². The minimum absolute atomic E-state index is 0.792. The van der Waals surface area contributed by atoms with Crippen LogP contribution in [-0.2, 0) is 13.1 Å². The van der Waals surface area contributed by atoms with Crippen LogP contribution in [0, 0.1) is 5.92 Å². The second kappa shape index (κ2) is 8.11. The zero-order chi connectivity index (χ0) is 14.4. The van der Waals surface area contributed by atoms with E-state index >= 15 is 0 Å². The summed E-state index contributed by atoms with van der Waals surface area (Å²) in [4.78, 5) is 7.41. The second-order valence-electron chi connectivity index (χ2n) is 6.29. The summed E-state index contributed by atoms with van der Waals surface area (Å²) in [6.07, 6.45) is 5.24. The molecule has 0 atom stereocenters. The van der Waals surface area contributed by atoms with Gasteiger partial charge in [0.25, 0.3) is 0 Å². The Morgan fingerprint density at radius 1 is 1.45 bits per heavy atom. The number of aromatic nitrogens is 1. The summed E-state index contributed by atoms with van der Waals surface area (Å²) >= 11 is 1.80. The van der Waals surface area contributed by atoms with Gasteiger partial charge in [-0.15, -0.1) is 11.3 Å². The fourth-order valence-corrected chi connectivity index (χ4v) is 3.09. The van der Waals surface area contributed by atoms with Gasteiger partial charge in [0, 0.05) is 24.5 Å². The molecule has 1 aromatic rings. The van der Waals surface area contributed by atoms with Crippen molar-refractivity contribution < 1.29 is 0 Å². The Balaban J connectivity index is 1.80. The molecule has 1 aromatic heterocycles. The zero-order valence-corrected chi connectivity index (χ0v) is 14.0. The molecule has 4 heteroatoms. The van der Waals surface area contributed by atoms with Gasteiger partial charge in [0.1, 0.15) is 5.01 Å². The summed E-state index contributed by atoms with van der Waals surface area (Å²) in [6.45, 7) is 11.1. The Hall–Kier alpha value is -0.450. The molecule has 0 saturated heterocycles. The van der Waals surface area contributed by atoms with Crippen LogP contribution in [0.4, 0.5) is 0 Å². The van der Waals surface area contributed by atoms with Crippen molar-refractivity contribution in [1.82, 2.24) is 15.2 Å². The standard InChI is InChI=1S/C16H29N3S/c1-4-8-17-10-16-18-14(12-20-16)11-19(15-5-6-15)9-7-13(2)3/h12-13,15,17H,4-11H2,1-3H3. The highest BCUT2D eigenvalue weighted by molar-refractivity contribution is 7.09. The summed E-state index contributed by atoms with van der Waals surface area (Å²) in [7, 11) is 0. The lowest BCUT2D eigenvalue weighted by Crippen LogP contribution is -2.27. The first-order chi connectivity index (χ1) is 9.69. The highest BCUT2D eigenvalue weighted by Gasteiger charge is 2.29. The van der Waals surface area contributed by atoms with E-state index in [1.807, 2.05) is 0 Å². The third-order valence-corrected chi connectivity index (χ3v) is 4.62. The molecular formula is C16H29N3S. The fraction of sp³-hybridized carbons (Fsp3) is 0.812. The molecule has 0 radical (unpaired) electrons. The first-order valence-corrected chi connectivity index (χ1v) is 8.95. The molecule has 0 aliphatic heterocycles. The fourth-order valence-electron chi connectivity index (χ4n) is 2.34. The van der Waals surface area contributed by atoms with E-state index in [-0.39, 0.29) is 0 Å². The molecule has 0 spiro atoms. The Kier molecular flexibility index (Phi) is 6.46. The molecule has 0 aromatic carbocycles. The summed E-state index contributed by atoms with van der Waals surface area (Å²) in [5.41, 5.74) is 1.26. The van der Waals surface area contributed by atoms with Gasteiger partial charge < -0.3 is 5.32 Å². The van der Waals surface area contributed by atoms with Gasteiger partial charge >= 0.3 is 0 Å². The van der Waals surface area contributed by atoms with Crippen LogP contribution in [0.2, 0.25) is 0 Å². The van der Waals surface area contributed by atoms with Gasteiger partial charge in [0.2, 0.25) is 0 Å². The molecule has 0 bridgehead atoms. The monoisotopic (exact) mass is 295 g/mol. The van der Waals surface area contributed by atoms with Crippen LogP contribution in [0.25, 0.3) is 0 Å². The molecule has 3 nitrogen and oxygen atoms in total. The largest absolute Gasteiger partial charge is 0.310 e. The maximum absolute atomic E-state index is 4.77. The third kappa shape index (κ3) is 5.51. The first-order valence-electron chi connectivity index (χ1n) is 8.07. The molecule has 0 amide bonds. The van der Waals surface area contributed by atoms with Crippen molar-refractivity contribution in [3.8, 4) is 0 Å². The normalized spacial score (nSPS) is 15.4. The molecule has 1 aliphatic rings. The SMILES string of the molecule is CCCNCc1nc(CN(CCC(C)C)C2CC2)cs1. The van der Waals surface area contributed by atoms with Gasteiger partial charge in [-0.1, -0.05) is 20.8 Å². The van der Waals surface area contributed by atoms with Gasteiger partial charge in [-0.25, -0.2) is 4.98 Å². The summed E-state index contributed by atoms with van der Waals surface area (Å²) < 4.78 is 0. The van der Waals surface area contributed by atoms with E-state index in [0.717, 1.165) is 31.6 Å². The highest BCUT2D eigenvalue weighted by atomic mass is 32.1. The predicted molar refractivity (Wildman–Crippen MR) is 87.0 cm³/mol. The summed E-state index contributed by atoms with van der Waals surface area (Å²) in [5.74, 6) is 0.792. The molecule has 1 aliphatic carbocycles. The third-order valence-electron chi connectivity index (χ3n) is 3.72. The number of nitrogens with one attached hydrogen (secondary N) is 1. The molecule has 1 heterocycles. The lowest BCUT2D eigenvalue weighted by molar-refractivity contribution is 0.237. The van der Waals surface area contributed by atoms with Crippen LogP contribution in [0.3, 0.4) is 0 Å². The Morgan fingerprint density at radius 2 is 2.25 bits per heavy atom. The number of nitrogens with zero attached hydrogens (tertiary/aromatic N) is 2. The van der Waals surface area contributed by atoms with Gasteiger partial charge in [-0.3, -0.25) is 4.90 Å². The lowest BCUT2D eigenvalue weighted by Gasteiger charge is -2.21. The maximum Gasteiger partial charge on any atom is 0.107 e. The van der Waals surface area contributed by atoms with Crippen molar-refractivity contribution in [1.29, 1.82) is 0 Å². The van der Waals surface area contributed by atoms with Gasteiger partial charge in [-0.05, 0) is 44.7 Å². The Bertz CT molecular complexity index is 385. The highest BCUT2D eigenvalue weighted by Crippen LogP contribution is 2.29. The molecular weight excluding hydrogens is 266 g/mol. The van der Waals surface area contributed by atoms with Crippen molar-refractivity contribution in [2.24, 2.45) is 5.92 Å². The van der Waals surface area contributed by atoms with Gasteiger partial charge in [0.15, 0.2) is 0 Å². The van der Waals surface area contributed by atoms with Crippen molar-refractivity contribution in [2.75, 3.05) is 13.1 Å². The topological polar surface area (TPSA) is 28.2 Å². The number of thiazole rings is 1. The minimum atomic E-state index is 0.792. The molecule has 20 heavy (non-hydrogen) atoms. The van der Waals surface area contributed by atoms with E-state index in [9.17, 15) is 0 Å². The smallest absolute Gasteiger partial charge is 0.107 e. The first kappa shape index (κ1) is 15.9. The van der Waals surface area contributed by atoms with Crippen molar-refractivity contribution in [2.45, 2.75) is 65.6 Å². The summed E-state index contributed by atoms with van der Waals surface area (Å²) in [6, 6.07) is 0.831. The van der Waals surface area contributed by atoms with Crippen molar-refractivity contribution in [3.63, 3.8) is 0 Å². The van der Waals surface area contributed by atoms with Crippen LogP contribution in [0.15, 0.2) is 5.38 Å². The molecule has 1 N–H and O–H groups in total. The minimum Gasteiger partial charge on any atom is -0.310 e. The molecule has 1 fully saturated rings. The van der Waals surface area contributed by atoms with Gasteiger partial charge in [-0.2, -0.15) is 0 Å². The van der Waals surface area contributed by atoms with E-state index in [4.69, 9.17) is 4.98 Å². The Labute approximate surface area is 127 Å². The lowest BCUT2D eigenvalue weighted by atomic mass is 10.1. The second-order valence-corrected chi connectivity index (χ2v) is 7.24. The van der Waals surface area contributed by atoms with Crippen LogP contribution < -0.4 is 5.32 Å². The van der Waals surface area contributed by atoms with Crippen molar-refractivity contribution >= 4 is 11.3 Å². The van der Waals surface area contributed by atoms with E-state index < -0.39 is 0 Å². The van der Waals surface area contributed by atoms with E-state index in [0.29, 0.717) is 0 Å². The average Bonchev–Trinajstić information content (AvgIpc) is 3.16. The van der Waals surface area contributed by atoms with Crippen LogP contribution in [-0.4, -0.2) is 29.0 Å². The molecule has 2 rings (SSSR count). The Morgan fingerprint density at radius 3 is 2.90 bits per heavy atom. The van der Waals surface area contributed by atoms with E-state index in [2.05, 4.69) is 36.4 Å². The van der Waals surface area contributed by atoms with Gasteiger partial charge in [0.05, 0.1) is 5.69 Å².